The van der Waals surface area contributed by atoms with Crippen molar-refractivity contribution in [3.05, 3.63) is 0 Å². The molecule has 1 rings (SSSR count). The molecule has 2 N–H and O–H groups in total. The monoisotopic (exact) mass is 172 g/mol. The molecule has 1 aliphatic heterocycles. The Morgan fingerprint density at radius 2 is 2.50 bits per heavy atom. The summed E-state index contributed by atoms with van der Waals surface area (Å²) in [7, 11) is 0. The lowest BCUT2D eigenvalue weighted by Crippen LogP contribution is -2.36. The molecule has 1 heterocycles. The fourth-order valence-corrected chi connectivity index (χ4v) is 1.04. The normalized spacial score (nSPS) is 26.4. The van der Waals surface area contributed by atoms with Crippen LogP contribution in [0.4, 0.5) is 0 Å². The van der Waals surface area contributed by atoms with Crippen LogP contribution in [0, 0.1) is 5.92 Å². The van der Waals surface area contributed by atoms with Crippen LogP contribution in [0.2, 0.25) is 0 Å². The van der Waals surface area contributed by atoms with Gasteiger partial charge in [-0.15, -0.1) is 0 Å². The lowest BCUT2D eigenvalue weighted by atomic mass is 10.1. The Morgan fingerprint density at radius 1 is 1.83 bits per heavy atom. The number of nitrogens with two attached hydrogens (primary N) is 1. The Labute approximate surface area is 72.6 Å². The zero-order chi connectivity index (χ0) is 9.14. The van der Waals surface area contributed by atoms with Gasteiger partial charge >= 0.3 is 0 Å². The molecule has 0 spiro atoms. The second-order valence-electron chi connectivity index (χ2n) is 3.31. The summed E-state index contributed by atoms with van der Waals surface area (Å²) in [5, 5.41) is 1.39. The first-order valence-electron chi connectivity index (χ1n) is 4.35. The molecule has 70 valence electrons. The fraction of sp³-hybridized carbons (Fsp3) is 0.875. The predicted molar refractivity (Wildman–Crippen MR) is 45.1 cm³/mol. The van der Waals surface area contributed by atoms with Crippen LogP contribution in [-0.4, -0.2) is 30.2 Å². The molecule has 4 nitrogen and oxygen atoms in total. The van der Waals surface area contributed by atoms with Crippen LogP contribution in [0.5, 0.6) is 0 Å². The third kappa shape index (κ3) is 1.95. The topological polar surface area (TPSA) is 55.6 Å². The largest absolute Gasteiger partial charge is 0.318 e. The summed E-state index contributed by atoms with van der Waals surface area (Å²) < 4.78 is 0. The summed E-state index contributed by atoms with van der Waals surface area (Å²) in [5.74, 6) is 0.384. The maximum Gasteiger partial charge on any atom is 0.265 e. The van der Waals surface area contributed by atoms with Crippen molar-refractivity contribution >= 4 is 5.91 Å². The van der Waals surface area contributed by atoms with Crippen molar-refractivity contribution in [1.82, 2.24) is 5.06 Å². The Hall–Kier alpha value is -0.610. The zero-order valence-electron chi connectivity index (χ0n) is 7.62. The van der Waals surface area contributed by atoms with Crippen LogP contribution in [0.25, 0.3) is 0 Å². The molecular formula is C8H16N2O2. The minimum atomic E-state index is -0.450. The van der Waals surface area contributed by atoms with Gasteiger partial charge < -0.3 is 5.73 Å². The molecule has 2 unspecified atom stereocenters. The number of amides is 1. The van der Waals surface area contributed by atoms with Gasteiger partial charge in [-0.1, -0.05) is 20.3 Å². The van der Waals surface area contributed by atoms with E-state index < -0.39 is 6.04 Å². The number of carbonyl (C=O) groups is 1. The minimum Gasteiger partial charge on any atom is -0.318 e. The van der Waals surface area contributed by atoms with Crippen molar-refractivity contribution in [2.24, 2.45) is 11.7 Å². The molecule has 0 aliphatic carbocycles. The van der Waals surface area contributed by atoms with E-state index in [4.69, 9.17) is 10.6 Å². The van der Waals surface area contributed by atoms with Gasteiger partial charge in [-0.2, -0.15) is 0 Å². The van der Waals surface area contributed by atoms with Crippen molar-refractivity contribution in [3.8, 4) is 0 Å². The molecule has 4 heteroatoms. The summed E-state index contributed by atoms with van der Waals surface area (Å²) in [6.07, 6.45) is 1.04. The summed E-state index contributed by atoms with van der Waals surface area (Å²) in [4.78, 5) is 16.3. The summed E-state index contributed by atoms with van der Waals surface area (Å²) >= 11 is 0. The Balaban J connectivity index is 2.39. The van der Waals surface area contributed by atoms with Crippen LogP contribution in [0.15, 0.2) is 0 Å². The summed E-state index contributed by atoms with van der Waals surface area (Å²) in [6.45, 7) is 5.16. The van der Waals surface area contributed by atoms with E-state index in [-0.39, 0.29) is 5.91 Å². The van der Waals surface area contributed by atoms with Crippen LogP contribution >= 0.6 is 0 Å². The molecule has 12 heavy (non-hydrogen) atoms. The molecule has 0 aromatic rings. The highest BCUT2D eigenvalue weighted by Crippen LogP contribution is 2.10. The standard InChI is InChI=1S/C8H16N2O2/c1-3-6(2)4-10-8(11)7(9)5-12-10/h6-7H,3-5,9H2,1-2H3. The highest BCUT2D eigenvalue weighted by atomic mass is 16.7. The highest BCUT2D eigenvalue weighted by Gasteiger charge is 2.30. The van der Waals surface area contributed by atoms with E-state index in [1.54, 1.807) is 0 Å². The third-order valence-corrected chi connectivity index (χ3v) is 2.15. The summed E-state index contributed by atoms with van der Waals surface area (Å²) in [5.41, 5.74) is 5.47. The van der Waals surface area contributed by atoms with Gasteiger partial charge in [0.2, 0.25) is 0 Å². The van der Waals surface area contributed by atoms with Crippen molar-refractivity contribution in [1.29, 1.82) is 0 Å². The van der Waals surface area contributed by atoms with Gasteiger partial charge in [0.1, 0.15) is 6.04 Å². The van der Waals surface area contributed by atoms with Crippen LogP contribution in [0.1, 0.15) is 20.3 Å². The van der Waals surface area contributed by atoms with Crippen LogP contribution in [0.3, 0.4) is 0 Å². The van der Waals surface area contributed by atoms with Gasteiger partial charge in [0, 0.05) is 0 Å². The first-order chi connectivity index (χ1) is 5.65. The smallest absolute Gasteiger partial charge is 0.265 e. The fourth-order valence-electron chi connectivity index (χ4n) is 1.04. The maximum atomic E-state index is 11.2. The zero-order valence-corrected chi connectivity index (χ0v) is 7.62. The van der Waals surface area contributed by atoms with E-state index in [1.807, 2.05) is 0 Å². The lowest BCUT2D eigenvalue weighted by molar-refractivity contribution is -0.164. The van der Waals surface area contributed by atoms with Gasteiger partial charge in [0.15, 0.2) is 0 Å². The molecule has 1 amide bonds. The molecule has 0 bridgehead atoms. The number of hydrogen-bond donors (Lipinski definition) is 1. The average Bonchev–Trinajstić information content (AvgIpc) is 2.36. The van der Waals surface area contributed by atoms with E-state index in [2.05, 4.69) is 13.8 Å². The van der Waals surface area contributed by atoms with Crippen LogP contribution in [-0.2, 0) is 9.63 Å². The van der Waals surface area contributed by atoms with E-state index in [1.165, 1.54) is 5.06 Å². The first kappa shape index (κ1) is 9.48. The Bertz CT molecular complexity index is 172. The van der Waals surface area contributed by atoms with Crippen molar-refractivity contribution in [2.45, 2.75) is 26.3 Å². The van der Waals surface area contributed by atoms with E-state index in [9.17, 15) is 4.79 Å². The molecule has 1 saturated heterocycles. The molecule has 1 fully saturated rings. The van der Waals surface area contributed by atoms with Crippen molar-refractivity contribution in [2.75, 3.05) is 13.2 Å². The SMILES string of the molecule is CCC(C)CN1OCC(N)C1=O. The summed E-state index contributed by atoms with van der Waals surface area (Å²) in [6, 6.07) is -0.450. The number of hydroxylamine groups is 2. The van der Waals surface area contributed by atoms with Gasteiger partial charge in [0.05, 0.1) is 13.2 Å². The van der Waals surface area contributed by atoms with Crippen LogP contribution < -0.4 is 5.73 Å². The number of carbonyl (C=O) groups excluding carboxylic acids is 1. The van der Waals surface area contributed by atoms with Gasteiger partial charge in [-0.25, -0.2) is 5.06 Å². The second kappa shape index (κ2) is 3.87. The van der Waals surface area contributed by atoms with Gasteiger partial charge in [-0.3, -0.25) is 9.63 Å². The molecule has 1 aliphatic rings. The average molecular weight is 172 g/mol. The quantitative estimate of drug-likeness (QED) is 0.658. The number of rotatable bonds is 3. The molecule has 2 atom stereocenters. The van der Waals surface area contributed by atoms with E-state index >= 15 is 0 Å². The molecule has 0 radical (unpaired) electrons. The third-order valence-electron chi connectivity index (χ3n) is 2.15. The van der Waals surface area contributed by atoms with E-state index in [0.717, 1.165) is 6.42 Å². The van der Waals surface area contributed by atoms with Gasteiger partial charge in [-0.05, 0) is 5.92 Å². The van der Waals surface area contributed by atoms with Gasteiger partial charge in [0.25, 0.3) is 5.91 Å². The predicted octanol–water partition coefficient (Wildman–Crippen LogP) is 0.134. The minimum absolute atomic E-state index is 0.0877. The molecular weight excluding hydrogens is 156 g/mol. The van der Waals surface area contributed by atoms with Crippen molar-refractivity contribution in [3.63, 3.8) is 0 Å². The molecule has 0 aromatic carbocycles. The number of nitrogens with zero attached hydrogens (tertiary/aromatic N) is 1. The Morgan fingerprint density at radius 3 is 2.92 bits per heavy atom. The Kier molecular flexibility index (Phi) is 3.05. The molecule has 0 aromatic heterocycles. The highest BCUT2D eigenvalue weighted by molar-refractivity contribution is 5.82. The lowest BCUT2D eigenvalue weighted by Gasteiger charge is -2.17. The van der Waals surface area contributed by atoms with Crippen molar-refractivity contribution < 1.29 is 9.63 Å². The number of hydrogen-bond acceptors (Lipinski definition) is 3. The second-order valence-corrected chi connectivity index (χ2v) is 3.31. The molecule has 0 saturated carbocycles. The van der Waals surface area contributed by atoms with E-state index in [0.29, 0.717) is 19.1 Å². The maximum absolute atomic E-state index is 11.2. The first-order valence-corrected chi connectivity index (χ1v) is 4.35.